The van der Waals surface area contributed by atoms with Gasteiger partial charge < -0.3 is 19.9 Å². The Hall–Kier alpha value is -1.82. The van der Waals surface area contributed by atoms with Crippen LogP contribution in [0.3, 0.4) is 0 Å². The first-order chi connectivity index (χ1) is 12.5. The zero-order valence-corrected chi connectivity index (χ0v) is 15.5. The molecule has 1 aliphatic carbocycles. The Morgan fingerprint density at radius 3 is 2.50 bits per heavy atom. The third-order valence-corrected chi connectivity index (χ3v) is 6.68. The van der Waals surface area contributed by atoms with E-state index in [-0.39, 0.29) is 23.7 Å². The van der Waals surface area contributed by atoms with Gasteiger partial charge in [-0.2, -0.15) is 0 Å². The molecule has 6 heteroatoms. The van der Waals surface area contributed by atoms with Crippen LogP contribution in [0.2, 0.25) is 0 Å². The molecule has 0 aromatic carbocycles. The molecule has 3 aliphatic rings. The minimum atomic E-state index is -0.739. The van der Waals surface area contributed by atoms with E-state index in [1.807, 2.05) is 21.9 Å². The van der Waals surface area contributed by atoms with Gasteiger partial charge in [-0.05, 0) is 44.2 Å². The number of aryl methyl sites for hydroxylation is 1. The van der Waals surface area contributed by atoms with Gasteiger partial charge in [0.15, 0.2) is 0 Å². The number of piperidine rings is 2. The van der Waals surface area contributed by atoms with Crippen molar-refractivity contribution in [1.82, 2.24) is 14.8 Å². The summed E-state index contributed by atoms with van der Waals surface area (Å²) >= 11 is 0. The second-order valence-electron chi connectivity index (χ2n) is 8.21. The standard InChI is InChI=1S/C20H29N3O3/c1-2-16-6-7-17(21-16)19(25)23-11-9-20(26)8-10-22(12-15(20)13-23)18(24)14-4-3-5-14/h6-7,14-15,21,26H,2-5,8-13H2,1H3/t15-,20-/m0/s1. The molecule has 4 rings (SSSR count). The van der Waals surface area contributed by atoms with Crippen LogP contribution < -0.4 is 0 Å². The number of aromatic nitrogens is 1. The Balaban J connectivity index is 1.44. The van der Waals surface area contributed by atoms with E-state index in [4.69, 9.17) is 0 Å². The fourth-order valence-corrected chi connectivity index (χ4v) is 4.54. The van der Waals surface area contributed by atoms with Gasteiger partial charge in [-0.15, -0.1) is 0 Å². The maximum absolute atomic E-state index is 12.8. The number of hydrogen-bond acceptors (Lipinski definition) is 3. The molecule has 0 radical (unpaired) electrons. The Bertz CT molecular complexity index is 696. The van der Waals surface area contributed by atoms with Crippen LogP contribution in [0.4, 0.5) is 0 Å². The second kappa shape index (κ2) is 6.72. The van der Waals surface area contributed by atoms with Crippen molar-refractivity contribution in [1.29, 1.82) is 0 Å². The van der Waals surface area contributed by atoms with E-state index < -0.39 is 5.60 Å². The first kappa shape index (κ1) is 17.6. The summed E-state index contributed by atoms with van der Waals surface area (Å²) < 4.78 is 0. The number of aliphatic hydroxyl groups is 1. The van der Waals surface area contributed by atoms with Gasteiger partial charge in [0.05, 0.1) is 5.60 Å². The second-order valence-corrected chi connectivity index (χ2v) is 8.21. The van der Waals surface area contributed by atoms with E-state index >= 15 is 0 Å². The fraction of sp³-hybridized carbons (Fsp3) is 0.700. The lowest BCUT2D eigenvalue weighted by Gasteiger charge is -2.50. The van der Waals surface area contributed by atoms with Gasteiger partial charge in [-0.1, -0.05) is 13.3 Å². The molecule has 26 heavy (non-hydrogen) atoms. The average molecular weight is 359 g/mol. The summed E-state index contributed by atoms with van der Waals surface area (Å²) in [6, 6.07) is 3.79. The third-order valence-electron chi connectivity index (χ3n) is 6.68. The maximum atomic E-state index is 12.8. The van der Waals surface area contributed by atoms with Crippen molar-refractivity contribution in [2.75, 3.05) is 26.2 Å². The van der Waals surface area contributed by atoms with Crippen molar-refractivity contribution >= 4 is 11.8 Å². The molecule has 1 saturated carbocycles. The van der Waals surface area contributed by atoms with Crippen LogP contribution in [0.1, 0.15) is 55.2 Å². The Morgan fingerprint density at radius 2 is 1.88 bits per heavy atom. The lowest BCUT2D eigenvalue weighted by molar-refractivity contribution is -0.151. The number of likely N-dealkylation sites (tertiary alicyclic amines) is 2. The predicted molar refractivity (Wildman–Crippen MR) is 97.7 cm³/mol. The number of carbonyl (C=O) groups excluding carboxylic acids is 2. The number of hydrogen-bond donors (Lipinski definition) is 2. The van der Waals surface area contributed by atoms with Crippen molar-refractivity contribution < 1.29 is 14.7 Å². The van der Waals surface area contributed by atoms with Crippen LogP contribution in [0.5, 0.6) is 0 Å². The maximum Gasteiger partial charge on any atom is 0.270 e. The van der Waals surface area contributed by atoms with Crippen LogP contribution in [0, 0.1) is 11.8 Å². The predicted octanol–water partition coefficient (Wildman–Crippen LogP) is 1.80. The van der Waals surface area contributed by atoms with Gasteiger partial charge in [0, 0.05) is 43.7 Å². The minimum absolute atomic E-state index is 0.00538. The van der Waals surface area contributed by atoms with Crippen LogP contribution in [-0.2, 0) is 11.2 Å². The Morgan fingerprint density at radius 1 is 1.19 bits per heavy atom. The number of aromatic amines is 1. The van der Waals surface area contributed by atoms with Crippen molar-refractivity contribution in [2.45, 2.75) is 51.0 Å². The first-order valence-electron chi connectivity index (χ1n) is 9.98. The molecule has 3 fully saturated rings. The van der Waals surface area contributed by atoms with Crippen molar-refractivity contribution in [2.24, 2.45) is 11.8 Å². The molecule has 1 aromatic rings. The van der Waals surface area contributed by atoms with Crippen molar-refractivity contribution in [3.63, 3.8) is 0 Å². The number of H-pyrrole nitrogens is 1. The number of fused-ring (bicyclic) bond motifs is 1. The molecule has 2 atom stereocenters. The van der Waals surface area contributed by atoms with Crippen molar-refractivity contribution in [3.05, 3.63) is 23.5 Å². The number of nitrogens with one attached hydrogen (secondary N) is 1. The average Bonchev–Trinajstić information content (AvgIpc) is 3.07. The van der Waals surface area contributed by atoms with E-state index in [0.717, 1.165) is 31.4 Å². The van der Waals surface area contributed by atoms with Crippen LogP contribution >= 0.6 is 0 Å². The van der Waals surface area contributed by atoms with Crippen LogP contribution in [-0.4, -0.2) is 63.5 Å². The topological polar surface area (TPSA) is 76.6 Å². The summed E-state index contributed by atoms with van der Waals surface area (Å²) in [5.41, 5.74) is 0.930. The molecule has 3 heterocycles. The highest BCUT2D eigenvalue weighted by atomic mass is 16.3. The smallest absolute Gasteiger partial charge is 0.270 e. The Labute approximate surface area is 154 Å². The van der Waals surface area contributed by atoms with Gasteiger partial charge in [0.2, 0.25) is 5.91 Å². The molecule has 6 nitrogen and oxygen atoms in total. The number of rotatable bonds is 3. The van der Waals surface area contributed by atoms with Gasteiger partial charge >= 0.3 is 0 Å². The molecular formula is C20H29N3O3. The number of carbonyl (C=O) groups is 2. The van der Waals surface area contributed by atoms with E-state index in [9.17, 15) is 14.7 Å². The number of amides is 2. The van der Waals surface area contributed by atoms with Crippen LogP contribution in [0.15, 0.2) is 12.1 Å². The van der Waals surface area contributed by atoms with Gasteiger partial charge in [-0.3, -0.25) is 9.59 Å². The van der Waals surface area contributed by atoms with Gasteiger partial charge in [0.25, 0.3) is 5.91 Å². The lowest BCUT2D eigenvalue weighted by atomic mass is 9.74. The zero-order valence-electron chi connectivity index (χ0n) is 15.5. The quantitative estimate of drug-likeness (QED) is 0.864. The van der Waals surface area contributed by atoms with E-state index in [0.29, 0.717) is 44.7 Å². The van der Waals surface area contributed by atoms with E-state index in [1.54, 1.807) is 0 Å². The largest absolute Gasteiger partial charge is 0.389 e. The highest BCUT2D eigenvalue weighted by molar-refractivity contribution is 5.92. The summed E-state index contributed by atoms with van der Waals surface area (Å²) in [5.74, 6) is 0.375. The SMILES string of the molecule is CCc1ccc(C(=O)N2CC[C@@]3(O)CCN(C(=O)C4CCC4)C[C@H]3C2)[nH]1. The van der Waals surface area contributed by atoms with E-state index in [1.165, 1.54) is 0 Å². The molecule has 2 saturated heterocycles. The minimum Gasteiger partial charge on any atom is -0.389 e. The van der Waals surface area contributed by atoms with Crippen molar-refractivity contribution in [3.8, 4) is 0 Å². The molecule has 2 aliphatic heterocycles. The summed E-state index contributed by atoms with van der Waals surface area (Å²) in [6.07, 6.45) is 5.24. The third kappa shape index (κ3) is 3.04. The molecule has 0 unspecified atom stereocenters. The monoisotopic (exact) mass is 359 g/mol. The van der Waals surface area contributed by atoms with E-state index in [2.05, 4.69) is 11.9 Å². The first-order valence-corrected chi connectivity index (χ1v) is 9.98. The number of nitrogens with zero attached hydrogens (tertiary/aromatic N) is 2. The van der Waals surface area contributed by atoms with Gasteiger partial charge in [0.1, 0.15) is 5.69 Å². The molecule has 2 amide bonds. The molecular weight excluding hydrogens is 330 g/mol. The summed E-state index contributed by atoms with van der Waals surface area (Å²) in [4.78, 5) is 32.4. The summed E-state index contributed by atoms with van der Waals surface area (Å²) in [6.45, 7) is 4.36. The Kier molecular flexibility index (Phi) is 4.55. The lowest BCUT2D eigenvalue weighted by Crippen LogP contribution is -2.62. The zero-order chi connectivity index (χ0) is 18.3. The fourth-order valence-electron chi connectivity index (χ4n) is 4.54. The summed E-state index contributed by atoms with van der Waals surface area (Å²) in [7, 11) is 0. The highest BCUT2D eigenvalue weighted by Crippen LogP contribution is 2.37. The normalized spacial score (nSPS) is 29.2. The molecule has 142 valence electrons. The van der Waals surface area contributed by atoms with Crippen LogP contribution in [0.25, 0.3) is 0 Å². The van der Waals surface area contributed by atoms with Gasteiger partial charge in [-0.25, -0.2) is 0 Å². The molecule has 0 spiro atoms. The molecule has 2 N–H and O–H groups in total. The summed E-state index contributed by atoms with van der Waals surface area (Å²) in [5, 5.41) is 11.0. The molecule has 0 bridgehead atoms. The highest BCUT2D eigenvalue weighted by Gasteiger charge is 2.47. The molecule has 1 aromatic heterocycles.